The fraction of sp³-hybridized carbons (Fsp3) is 0.263. The molecular formula is C19H20O5. The molecule has 126 valence electrons. The lowest BCUT2D eigenvalue weighted by Crippen LogP contribution is -2.24. The van der Waals surface area contributed by atoms with Crippen LogP contribution in [0.1, 0.15) is 24.0 Å². The van der Waals surface area contributed by atoms with Gasteiger partial charge in [0, 0.05) is 6.42 Å². The molecule has 0 bridgehead atoms. The Kier molecular flexibility index (Phi) is 6.98. The molecule has 24 heavy (non-hydrogen) atoms. The van der Waals surface area contributed by atoms with Gasteiger partial charge in [0.25, 0.3) is 0 Å². The van der Waals surface area contributed by atoms with E-state index in [1.165, 1.54) is 0 Å². The van der Waals surface area contributed by atoms with Crippen molar-refractivity contribution in [1.82, 2.24) is 0 Å². The Morgan fingerprint density at radius 1 is 0.833 bits per heavy atom. The number of ether oxygens (including phenoxy) is 2. The summed E-state index contributed by atoms with van der Waals surface area (Å²) in [5.41, 5.74) is 1.72. The predicted octanol–water partition coefficient (Wildman–Crippen LogP) is 2.61. The maximum absolute atomic E-state index is 11.7. The third-order valence-corrected chi connectivity index (χ3v) is 3.36. The normalized spacial score (nSPS) is 11.5. The molecule has 2 aromatic rings. The van der Waals surface area contributed by atoms with Crippen LogP contribution in [0.5, 0.6) is 0 Å². The van der Waals surface area contributed by atoms with Gasteiger partial charge in [0.1, 0.15) is 13.2 Å². The first kappa shape index (κ1) is 17.7. The SMILES string of the molecule is O=C(CC[C@H](O)C(=O)OCc1ccccc1)OCc1ccccc1. The van der Waals surface area contributed by atoms with E-state index >= 15 is 0 Å². The average molecular weight is 328 g/mol. The first-order valence-corrected chi connectivity index (χ1v) is 7.73. The molecule has 2 aromatic carbocycles. The molecule has 0 radical (unpaired) electrons. The summed E-state index contributed by atoms with van der Waals surface area (Å²) >= 11 is 0. The van der Waals surface area contributed by atoms with Gasteiger partial charge in [0.05, 0.1) is 0 Å². The highest BCUT2D eigenvalue weighted by atomic mass is 16.5. The van der Waals surface area contributed by atoms with Crippen LogP contribution in [-0.4, -0.2) is 23.1 Å². The zero-order chi connectivity index (χ0) is 17.2. The van der Waals surface area contributed by atoms with E-state index < -0.39 is 18.0 Å². The molecule has 5 heteroatoms. The Hall–Kier alpha value is -2.66. The summed E-state index contributed by atoms with van der Waals surface area (Å²) in [6.45, 7) is 0.267. The minimum absolute atomic E-state index is 0.0265. The summed E-state index contributed by atoms with van der Waals surface area (Å²) in [5.74, 6) is -1.21. The summed E-state index contributed by atoms with van der Waals surface area (Å²) in [7, 11) is 0. The molecule has 0 saturated carbocycles. The van der Waals surface area contributed by atoms with Crippen molar-refractivity contribution in [3.63, 3.8) is 0 Å². The molecule has 0 heterocycles. The molecular weight excluding hydrogens is 308 g/mol. The van der Waals surface area contributed by atoms with Crippen LogP contribution >= 0.6 is 0 Å². The van der Waals surface area contributed by atoms with Gasteiger partial charge in [-0.25, -0.2) is 4.79 Å². The Balaban J connectivity index is 1.65. The minimum Gasteiger partial charge on any atom is -0.461 e. The van der Waals surface area contributed by atoms with Crippen molar-refractivity contribution in [3.8, 4) is 0 Å². The van der Waals surface area contributed by atoms with Crippen LogP contribution in [0.15, 0.2) is 60.7 Å². The van der Waals surface area contributed by atoms with Gasteiger partial charge in [-0.15, -0.1) is 0 Å². The number of aliphatic hydroxyl groups excluding tert-OH is 1. The molecule has 0 unspecified atom stereocenters. The summed E-state index contributed by atoms with van der Waals surface area (Å²) < 4.78 is 10.1. The fourth-order valence-electron chi connectivity index (χ4n) is 2.01. The Morgan fingerprint density at radius 2 is 1.33 bits per heavy atom. The number of hydrogen-bond acceptors (Lipinski definition) is 5. The van der Waals surface area contributed by atoms with E-state index in [1.807, 2.05) is 60.7 Å². The lowest BCUT2D eigenvalue weighted by atomic mass is 10.2. The van der Waals surface area contributed by atoms with E-state index in [0.717, 1.165) is 11.1 Å². The van der Waals surface area contributed by atoms with E-state index in [9.17, 15) is 14.7 Å². The molecule has 1 N–H and O–H groups in total. The molecule has 0 amide bonds. The Morgan fingerprint density at radius 3 is 1.88 bits per heavy atom. The second-order valence-corrected chi connectivity index (χ2v) is 5.29. The molecule has 0 aliphatic carbocycles. The molecule has 0 fully saturated rings. The molecule has 1 atom stereocenters. The topological polar surface area (TPSA) is 72.8 Å². The first-order chi connectivity index (χ1) is 11.6. The van der Waals surface area contributed by atoms with Crippen molar-refractivity contribution in [2.75, 3.05) is 0 Å². The number of carbonyl (C=O) groups is 2. The van der Waals surface area contributed by atoms with Crippen LogP contribution in [0.25, 0.3) is 0 Å². The average Bonchev–Trinajstić information content (AvgIpc) is 2.64. The van der Waals surface area contributed by atoms with Crippen molar-refractivity contribution in [2.45, 2.75) is 32.2 Å². The van der Waals surface area contributed by atoms with Crippen molar-refractivity contribution < 1.29 is 24.2 Å². The standard InChI is InChI=1S/C19H20O5/c20-17(19(22)24-14-16-9-5-2-6-10-16)11-12-18(21)23-13-15-7-3-1-4-8-15/h1-10,17,20H,11-14H2/t17-/m0/s1. The van der Waals surface area contributed by atoms with E-state index in [0.29, 0.717) is 0 Å². The second-order valence-electron chi connectivity index (χ2n) is 5.29. The van der Waals surface area contributed by atoms with E-state index in [4.69, 9.17) is 9.47 Å². The van der Waals surface area contributed by atoms with Crippen LogP contribution in [-0.2, 0) is 32.3 Å². The maximum atomic E-state index is 11.7. The number of aliphatic hydroxyl groups is 1. The highest BCUT2D eigenvalue weighted by molar-refractivity contribution is 5.76. The largest absolute Gasteiger partial charge is 0.461 e. The van der Waals surface area contributed by atoms with E-state index in [2.05, 4.69) is 0 Å². The predicted molar refractivity (Wildman–Crippen MR) is 87.7 cm³/mol. The maximum Gasteiger partial charge on any atom is 0.335 e. The van der Waals surface area contributed by atoms with Crippen LogP contribution in [0.2, 0.25) is 0 Å². The van der Waals surface area contributed by atoms with Gasteiger partial charge in [0.15, 0.2) is 6.10 Å². The number of rotatable bonds is 8. The number of carbonyl (C=O) groups excluding carboxylic acids is 2. The summed E-state index contributed by atoms with van der Waals surface area (Å²) in [5, 5.41) is 9.75. The van der Waals surface area contributed by atoms with Crippen LogP contribution < -0.4 is 0 Å². The van der Waals surface area contributed by atoms with Crippen molar-refractivity contribution in [3.05, 3.63) is 71.8 Å². The number of benzene rings is 2. The zero-order valence-corrected chi connectivity index (χ0v) is 13.3. The van der Waals surface area contributed by atoms with Crippen LogP contribution in [0, 0.1) is 0 Å². The van der Waals surface area contributed by atoms with Gasteiger partial charge in [-0.1, -0.05) is 60.7 Å². The molecule has 0 saturated heterocycles. The van der Waals surface area contributed by atoms with Crippen molar-refractivity contribution in [2.24, 2.45) is 0 Å². The third kappa shape index (κ3) is 6.22. The van der Waals surface area contributed by atoms with E-state index in [-0.39, 0.29) is 26.1 Å². The monoisotopic (exact) mass is 328 g/mol. The fourth-order valence-corrected chi connectivity index (χ4v) is 2.01. The molecule has 0 aliphatic rings. The van der Waals surface area contributed by atoms with Crippen LogP contribution in [0.4, 0.5) is 0 Å². The molecule has 5 nitrogen and oxygen atoms in total. The Labute approximate surface area is 140 Å². The molecule has 0 aliphatic heterocycles. The summed E-state index contributed by atoms with van der Waals surface area (Å²) in [6, 6.07) is 18.5. The molecule has 0 spiro atoms. The van der Waals surface area contributed by atoms with Crippen molar-refractivity contribution in [1.29, 1.82) is 0 Å². The summed E-state index contributed by atoms with van der Waals surface area (Å²) in [6.07, 6.45) is -1.41. The second kappa shape index (κ2) is 9.47. The molecule has 0 aromatic heterocycles. The first-order valence-electron chi connectivity index (χ1n) is 7.73. The van der Waals surface area contributed by atoms with Gasteiger partial charge in [0.2, 0.25) is 0 Å². The van der Waals surface area contributed by atoms with Crippen LogP contribution in [0.3, 0.4) is 0 Å². The number of esters is 2. The number of hydrogen-bond donors (Lipinski definition) is 1. The third-order valence-electron chi connectivity index (χ3n) is 3.36. The van der Waals surface area contributed by atoms with Gasteiger partial charge in [-0.05, 0) is 17.5 Å². The Bertz CT molecular complexity index is 639. The van der Waals surface area contributed by atoms with Crippen molar-refractivity contribution >= 4 is 11.9 Å². The summed E-state index contributed by atoms with van der Waals surface area (Å²) in [4.78, 5) is 23.3. The smallest absolute Gasteiger partial charge is 0.335 e. The lowest BCUT2D eigenvalue weighted by molar-refractivity contribution is -0.156. The van der Waals surface area contributed by atoms with Gasteiger partial charge in [-0.2, -0.15) is 0 Å². The highest BCUT2D eigenvalue weighted by Gasteiger charge is 2.18. The highest BCUT2D eigenvalue weighted by Crippen LogP contribution is 2.07. The van der Waals surface area contributed by atoms with Gasteiger partial charge >= 0.3 is 11.9 Å². The molecule has 2 rings (SSSR count). The van der Waals surface area contributed by atoms with Gasteiger partial charge < -0.3 is 14.6 Å². The van der Waals surface area contributed by atoms with Gasteiger partial charge in [-0.3, -0.25) is 4.79 Å². The lowest BCUT2D eigenvalue weighted by Gasteiger charge is -2.10. The minimum atomic E-state index is -1.34. The quantitative estimate of drug-likeness (QED) is 0.754. The van der Waals surface area contributed by atoms with E-state index in [1.54, 1.807) is 0 Å². The zero-order valence-electron chi connectivity index (χ0n) is 13.3.